The Hall–Kier alpha value is -2.68. The summed E-state index contributed by atoms with van der Waals surface area (Å²) in [7, 11) is 0. The number of pyridine rings is 1. The Labute approximate surface area is 147 Å². The molecule has 8 nitrogen and oxygen atoms in total. The minimum atomic E-state index is -0.0784. The zero-order valence-electron chi connectivity index (χ0n) is 13.6. The topological polar surface area (TPSA) is 93.9 Å². The molecule has 1 saturated heterocycles. The molecular weight excluding hydrogens is 340 g/mol. The molecule has 3 aromatic rings. The van der Waals surface area contributed by atoms with Crippen LogP contribution in [-0.4, -0.2) is 48.0 Å². The predicted octanol–water partition coefficient (Wildman–Crippen LogP) is 1.43. The molecule has 25 heavy (non-hydrogen) atoms. The number of carbonyl (C=O) groups is 1. The highest BCUT2D eigenvalue weighted by Gasteiger charge is 2.27. The third-order valence-corrected chi connectivity index (χ3v) is 5.36. The highest BCUT2D eigenvalue weighted by atomic mass is 32.1. The fourth-order valence-electron chi connectivity index (χ4n) is 3.15. The lowest BCUT2D eigenvalue weighted by molar-refractivity contribution is 0.0697. The first-order chi connectivity index (χ1) is 12.1. The summed E-state index contributed by atoms with van der Waals surface area (Å²) in [5.74, 6) is -0.0286. The maximum absolute atomic E-state index is 12.7. The van der Waals surface area contributed by atoms with Crippen LogP contribution in [0.3, 0.4) is 0 Å². The molecule has 0 N–H and O–H groups in total. The first kappa shape index (κ1) is 15.8. The van der Waals surface area contributed by atoms with Gasteiger partial charge in [-0.05, 0) is 43.4 Å². The molecule has 9 heteroatoms. The fourth-order valence-corrected chi connectivity index (χ4v) is 3.78. The van der Waals surface area contributed by atoms with Crippen molar-refractivity contribution < 1.29 is 4.79 Å². The Morgan fingerprint density at radius 2 is 2.08 bits per heavy atom. The van der Waals surface area contributed by atoms with Crippen LogP contribution in [0.2, 0.25) is 0 Å². The van der Waals surface area contributed by atoms with Crippen molar-refractivity contribution in [3.05, 3.63) is 45.6 Å². The van der Waals surface area contributed by atoms with E-state index in [1.54, 1.807) is 41.0 Å². The van der Waals surface area contributed by atoms with Crippen LogP contribution < -0.4 is 5.56 Å². The Balaban J connectivity index is 1.53. The summed E-state index contributed by atoms with van der Waals surface area (Å²) >= 11 is 1.13. The van der Waals surface area contributed by atoms with Gasteiger partial charge in [-0.25, -0.2) is 9.97 Å². The molecule has 0 atom stereocenters. The Kier molecular flexibility index (Phi) is 4.00. The lowest BCUT2D eigenvalue weighted by Gasteiger charge is -2.32. The van der Waals surface area contributed by atoms with Gasteiger partial charge in [-0.2, -0.15) is 0 Å². The Morgan fingerprint density at radius 1 is 1.28 bits per heavy atom. The molecule has 0 aromatic carbocycles. The first-order valence-corrected chi connectivity index (χ1v) is 8.82. The van der Waals surface area contributed by atoms with Gasteiger partial charge in [0, 0.05) is 25.3 Å². The van der Waals surface area contributed by atoms with Crippen LogP contribution in [0.4, 0.5) is 0 Å². The molecule has 0 bridgehead atoms. The average molecular weight is 356 g/mol. The number of hydrogen-bond acceptors (Lipinski definition) is 7. The molecule has 0 aliphatic carbocycles. The van der Waals surface area contributed by atoms with Crippen molar-refractivity contribution in [2.75, 3.05) is 13.1 Å². The minimum Gasteiger partial charge on any atom is -0.338 e. The van der Waals surface area contributed by atoms with Gasteiger partial charge in [0.05, 0.1) is 11.1 Å². The van der Waals surface area contributed by atoms with Gasteiger partial charge in [-0.1, -0.05) is 4.49 Å². The first-order valence-electron chi connectivity index (χ1n) is 8.05. The zero-order valence-corrected chi connectivity index (χ0v) is 14.4. The van der Waals surface area contributed by atoms with Crippen LogP contribution in [0.1, 0.15) is 34.2 Å². The monoisotopic (exact) mass is 356 g/mol. The van der Waals surface area contributed by atoms with Crippen molar-refractivity contribution in [3.63, 3.8) is 0 Å². The van der Waals surface area contributed by atoms with Gasteiger partial charge in [0.1, 0.15) is 11.2 Å². The van der Waals surface area contributed by atoms with Gasteiger partial charge in [0.15, 0.2) is 5.65 Å². The van der Waals surface area contributed by atoms with Gasteiger partial charge in [-0.3, -0.25) is 14.2 Å². The molecule has 0 radical (unpaired) electrons. The molecule has 4 heterocycles. The summed E-state index contributed by atoms with van der Waals surface area (Å²) in [5.41, 5.74) is 1.05. The number of hydrogen-bond donors (Lipinski definition) is 0. The van der Waals surface area contributed by atoms with Crippen LogP contribution in [-0.2, 0) is 0 Å². The van der Waals surface area contributed by atoms with Crippen LogP contribution in [0, 0.1) is 6.92 Å². The van der Waals surface area contributed by atoms with E-state index in [9.17, 15) is 9.59 Å². The molecule has 1 amide bonds. The second-order valence-electron chi connectivity index (χ2n) is 6.04. The lowest BCUT2D eigenvalue weighted by Crippen LogP contribution is -2.40. The number of nitrogens with zero attached hydrogens (tertiary/aromatic N) is 6. The molecule has 3 aromatic heterocycles. The number of aryl methyl sites for hydroxylation is 1. The molecule has 0 unspecified atom stereocenters. The number of piperidine rings is 1. The SMILES string of the molecule is Cc1nnsc1C(=O)N1CCC(n2cnc3ncccc3c2=O)CC1. The van der Waals surface area contributed by atoms with Crippen molar-refractivity contribution in [3.8, 4) is 0 Å². The van der Waals surface area contributed by atoms with E-state index in [0.717, 1.165) is 11.5 Å². The molecule has 128 valence electrons. The van der Waals surface area contributed by atoms with Crippen molar-refractivity contribution in [1.29, 1.82) is 0 Å². The molecule has 1 aliphatic heterocycles. The maximum atomic E-state index is 12.7. The quantitative estimate of drug-likeness (QED) is 0.689. The largest absolute Gasteiger partial charge is 0.338 e. The van der Waals surface area contributed by atoms with E-state index in [0.29, 0.717) is 47.5 Å². The normalized spacial score (nSPS) is 15.6. The van der Waals surface area contributed by atoms with E-state index in [1.807, 2.05) is 0 Å². The molecular formula is C16H16N6O2S. The zero-order chi connectivity index (χ0) is 17.4. The third-order valence-electron chi connectivity index (χ3n) is 4.55. The smallest absolute Gasteiger partial charge is 0.267 e. The number of aromatic nitrogens is 5. The Bertz CT molecular complexity index is 989. The number of rotatable bonds is 2. The van der Waals surface area contributed by atoms with Crippen LogP contribution >= 0.6 is 11.5 Å². The number of amides is 1. The van der Waals surface area contributed by atoms with Crippen LogP contribution in [0.5, 0.6) is 0 Å². The predicted molar refractivity (Wildman–Crippen MR) is 92.6 cm³/mol. The summed E-state index contributed by atoms with van der Waals surface area (Å²) < 4.78 is 5.50. The van der Waals surface area contributed by atoms with E-state index in [2.05, 4.69) is 19.6 Å². The van der Waals surface area contributed by atoms with E-state index in [1.165, 1.54) is 0 Å². The average Bonchev–Trinajstić information content (AvgIpc) is 3.08. The molecule has 4 rings (SSSR count). The minimum absolute atomic E-state index is 0.0286. The third kappa shape index (κ3) is 2.80. The second kappa shape index (κ2) is 6.32. The summed E-state index contributed by atoms with van der Waals surface area (Å²) in [6, 6.07) is 3.52. The van der Waals surface area contributed by atoms with Gasteiger partial charge < -0.3 is 4.90 Å². The molecule has 0 spiro atoms. The van der Waals surface area contributed by atoms with E-state index in [-0.39, 0.29) is 17.5 Å². The standard InChI is InChI=1S/C16H16N6O2S/c1-10-13(25-20-19-10)16(24)21-7-4-11(5-8-21)22-9-18-14-12(15(22)23)3-2-6-17-14/h2-3,6,9,11H,4-5,7-8H2,1H3. The lowest BCUT2D eigenvalue weighted by atomic mass is 10.0. The highest BCUT2D eigenvalue weighted by molar-refractivity contribution is 7.07. The van der Waals surface area contributed by atoms with E-state index in [4.69, 9.17) is 0 Å². The fraction of sp³-hybridized carbons (Fsp3) is 0.375. The maximum Gasteiger partial charge on any atom is 0.267 e. The van der Waals surface area contributed by atoms with Gasteiger partial charge in [-0.15, -0.1) is 5.10 Å². The van der Waals surface area contributed by atoms with Gasteiger partial charge >= 0.3 is 0 Å². The number of fused-ring (bicyclic) bond motifs is 1. The summed E-state index contributed by atoms with van der Waals surface area (Å²) in [4.78, 5) is 36.0. The summed E-state index contributed by atoms with van der Waals surface area (Å²) in [6.45, 7) is 2.98. The van der Waals surface area contributed by atoms with Gasteiger partial charge in [0.2, 0.25) is 0 Å². The van der Waals surface area contributed by atoms with Crippen LogP contribution in [0.25, 0.3) is 11.0 Å². The molecule has 0 saturated carbocycles. The second-order valence-corrected chi connectivity index (χ2v) is 6.80. The highest BCUT2D eigenvalue weighted by Crippen LogP contribution is 2.23. The summed E-state index contributed by atoms with van der Waals surface area (Å²) in [6.07, 6.45) is 4.62. The van der Waals surface area contributed by atoms with E-state index >= 15 is 0 Å². The Morgan fingerprint density at radius 3 is 2.80 bits per heavy atom. The van der Waals surface area contributed by atoms with Crippen molar-refractivity contribution in [2.45, 2.75) is 25.8 Å². The van der Waals surface area contributed by atoms with Crippen molar-refractivity contribution in [2.24, 2.45) is 0 Å². The number of likely N-dealkylation sites (tertiary alicyclic amines) is 1. The van der Waals surface area contributed by atoms with Crippen molar-refractivity contribution >= 4 is 28.5 Å². The van der Waals surface area contributed by atoms with Gasteiger partial charge in [0.25, 0.3) is 11.5 Å². The molecule has 1 aliphatic rings. The van der Waals surface area contributed by atoms with E-state index < -0.39 is 0 Å². The molecule has 1 fully saturated rings. The number of carbonyl (C=O) groups excluding carboxylic acids is 1. The van der Waals surface area contributed by atoms with Crippen LogP contribution in [0.15, 0.2) is 29.5 Å². The summed E-state index contributed by atoms with van der Waals surface area (Å²) in [5, 5.41) is 4.42. The van der Waals surface area contributed by atoms with Crippen molar-refractivity contribution in [1.82, 2.24) is 29.0 Å².